The second-order valence-corrected chi connectivity index (χ2v) is 4.81. The molecule has 0 fully saturated rings. The topological polar surface area (TPSA) is 41.5 Å². The van der Waals surface area contributed by atoms with Crippen LogP contribution >= 0.6 is 27.5 Å². The first-order valence-electron chi connectivity index (χ1n) is 5.64. The third kappa shape index (κ3) is 5.73. The molecular weight excluding hydrogens is 305 g/mol. The number of nitrogens with one attached hydrogen (secondary N) is 1. The Bertz CT molecular complexity index is 336. The van der Waals surface area contributed by atoms with Crippen molar-refractivity contribution in [3.05, 3.63) is 27.7 Å². The summed E-state index contributed by atoms with van der Waals surface area (Å²) in [5.74, 6) is 0.705. The molecular formula is C12H17BrClNO2. The molecule has 0 saturated heterocycles. The second-order valence-electron chi connectivity index (χ2n) is 3.58. The summed E-state index contributed by atoms with van der Waals surface area (Å²) in [5.41, 5.74) is 0. The SMILES string of the molecule is OCCCNCCCOc1cccc(Br)c1Cl. The fourth-order valence-electron chi connectivity index (χ4n) is 1.30. The highest BCUT2D eigenvalue weighted by molar-refractivity contribution is 9.10. The summed E-state index contributed by atoms with van der Waals surface area (Å²) in [7, 11) is 0. The van der Waals surface area contributed by atoms with E-state index in [9.17, 15) is 0 Å². The van der Waals surface area contributed by atoms with E-state index >= 15 is 0 Å². The minimum absolute atomic E-state index is 0.233. The van der Waals surface area contributed by atoms with Gasteiger partial charge in [-0.25, -0.2) is 0 Å². The van der Waals surface area contributed by atoms with Crippen molar-refractivity contribution < 1.29 is 9.84 Å². The Labute approximate surface area is 115 Å². The van der Waals surface area contributed by atoms with E-state index < -0.39 is 0 Å². The molecule has 2 N–H and O–H groups in total. The quantitative estimate of drug-likeness (QED) is 0.723. The van der Waals surface area contributed by atoms with Crippen molar-refractivity contribution in [2.75, 3.05) is 26.3 Å². The van der Waals surface area contributed by atoms with Crippen LogP contribution in [-0.4, -0.2) is 31.4 Å². The number of benzene rings is 1. The van der Waals surface area contributed by atoms with Crippen molar-refractivity contribution in [1.82, 2.24) is 5.32 Å². The van der Waals surface area contributed by atoms with Gasteiger partial charge in [-0.1, -0.05) is 17.7 Å². The second kappa shape index (κ2) is 8.75. The first-order valence-corrected chi connectivity index (χ1v) is 6.81. The van der Waals surface area contributed by atoms with E-state index in [0.717, 1.165) is 30.4 Å². The smallest absolute Gasteiger partial charge is 0.139 e. The molecule has 0 heterocycles. The Morgan fingerprint density at radius 2 is 2.06 bits per heavy atom. The minimum atomic E-state index is 0.233. The van der Waals surface area contributed by atoms with Crippen molar-refractivity contribution in [1.29, 1.82) is 0 Å². The van der Waals surface area contributed by atoms with E-state index in [1.165, 1.54) is 0 Å². The van der Waals surface area contributed by atoms with E-state index in [1.807, 2.05) is 18.2 Å². The molecule has 0 saturated carbocycles. The predicted molar refractivity (Wildman–Crippen MR) is 73.8 cm³/mol. The molecule has 0 aliphatic rings. The van der Waals surface area contributed by atoms with E-state index in [4.69, 9.17) is 21.4 Å². The van der Waals surface area contributed by atoms with Gasteiger partial charge in [0.15, 0.2) is 0 Å². The fraction of sp³-hybridized carbons (Fsp3) is 0.500. The lowest BCUT2D eigenvalue weighted by molar-refractivity contribution is 0.282. The fourth-order valence-corrected chi connectivity index (χ4v) is 1.83. The Kier molecular flexibility index (Phi) is 7.60. The van der Waals surface area contributed by atoms with Crippen molar-refractivity contribution in [2.45, 2.75) is 12.8 Å². The molecule has 1 aromatic carbocycles. The van der Waals surface area contributed by atoms with E-state index in [1.54, 1.807) is 0 Å². The summed E-state index contributed by atoms with van der Waals surface area (Å²) in [4.78, 5) is 0. The van der Waals surface area contributed by atoms with Crippen LogP contribution in [0.1, 0.15) is 12.8 Å². The lowest BCUT2D eigenvalue weighted by atomic mass is 10.3. The van der Waals surface area contributed by atoms with Gasteiger partial charge < -0.3 is 15.2 Å². The summed E-state index contributed by atoms with van der Waals surface area (Å²) in [6.07, 6.45) is 1.70. The summed E-state index contributed by atoms with van der Waals surface area (Å²) < 4.78 is 6.42. The Hall–Kier alpha value is -0.290. The number of hydrogen-bond acceptors (Lipinski definition) is 3. The molecule has 1 aromatic rings. The summed E-state index contributed by atoms with van der Waals surface area (Å²) >= 11 is 9.41. The summed E-state index contributed by atoms with van der Waals surface area (Å²) in [6, 6.07) is 5.63. The van der Waals surface area contributed by atoms with Crippen LogP contribution in [0.5, 0.6) is 5.75 Å². The van der Waals surface area contributed by atoms with Gasteiger partial charge in [-0.05, 0) is 54.0 Å². The molecule has 0 aliphatic heterocycles. The number of rotatable bonds is 8. The highest BCUT2D eigenvalue weighted by atomic mass is 79.9. The lowest BCUT2D eigenvalue weighted by Gasteiger charge is -2.09. The molecule has 1 rings (SSSR count). The normalized spacial score (nSPS) is 10.5. The average Bonchev–Trinajstić information content (AvgIpc) is 2.33. The van der Waals surface area contributed by atoms with Gasteiger partial charge in [0, 0.05) is 11.1 Å². The molecule has 5 heteroatoms. The Balaban J connectivity index is 2.16. The maximum atomic E-state index is 8.59. The number of hydrogen-bond donors (Lipinski definition) is 2. The number of aliphatic hydroxyl groups is 1. The average molecular weight is 323 g/mol. The molecule has 0 atom stereocenters. The van der Waals surface area contributed by atoms with Gasteiger partial charge in [-0.3, -0.25) is 0 Å². The largest absolute Gasteiger partial charge is 0.492 e. The summed E-state index contributed by atoms with van der Waals surface area (Å²) in [6.45, 7) is 2.58. The molecule has 0 unspecified atom stereocenters. The predicted octanol–water partition coefficient (Wildman–Crippen LogP) is 2.84. The van der Waals surface area contributed by atoms with Gasteiger partial charge in [0.25, 0.3) is 0 Å². The van der Waals surface area contributed by atoms with E-state index in [2.05, 4.69) is 21.2 Å². The van der Waals surface area contributed by atoms with Crippen molar-refractivity contribution >= 4 is 27.5 Å². The molecule has 0 radical (unpaired) electrons. The van der Waals surface area contributed by atoms with Crippen LogP contribution in [0.15, 0.2) is 22.7 Å². The van der Waals surface area contributed by atoms with Gasteiger partial charge >= 0.3 is 0 Å². The highest BCUT2D eigenvalue weighted by Gasteiger charge is 2.04. The van der Waals surface area contributed by atoms with Crippen LogP contribution in [0.3, 0.4) is 0 Å². The maximum absolute atomic E-state index is 8.59. The third-order valence-electron chi connectivity index (χ3n) is 2.18. The van der Waals surface area contributed by atoms with Crippen molar-refractivity contribution in [3.8, 4) is 5.75 Å². The number of ether oxygens (including phenoxy) is 1. The first kappa shape index (κ1) is 14.8. The third-order valence-corrected chi connectivity index (χ3v) is 3.46. The van der Waals surface area contributed by atoms with Gasteiger partial charge in [-0.15, -0.1) is 0 Å². The van der Waals surface area contributed by atoms with Crippen LogP contribution in [0.25, 0.3) is 0 Å². The van der Waals surface area contributed by atoms with Gasteiger partial charge in [0.2, 0.25) is 0 Å². The molecule has 0 bridgehead atoms. The molecule has 0 amide bonds. The first-order chi connectivity index (χ1) is 8.25. The Morgan fingerprint density at radius 1 is 1.29 bits per heavy atom. The van der Waals surface area contributed by atoms with Gasteiger partial charge in [-0.2, -0.15) is 0 Å². The molecule has 0 spiro atoms. The van der Waals surface area contributed by atoms with E-state index in [-0.39, 0.29) is 6.61 Å². The highest BCUT2D eigenvalue weighted by Crippen LogP contribution is 2.31. The van der Waals surface area contributed by atoms with Crippen LogP contribution in [0, 0.1) is 0 Å². The Morgan fingerprint density at radius 3 is 2.82 bits per heavy atom. The number of halogens is 2. The maximum Gasteiger partial charge on any atom is 0.139 e. The molecule has 3 nitrogen and oxygen atoms in total. The van der Waals surface area contributed by atoms with Gasteiger partial charge in [0.1, 0.15) is 5.75 Å². The van der Waals surface area contributed by atoms with Crippen LogP contribution in [0.4, 0.5) is 0 Å². The zero-order valence-electron chi connectivity index (χ0n) is 9.59. The lowest BCUT2D eigenvalue weighted by Crippen LogP contribution is -2.19. The van der Waals surface area contributed by atoms with Crippen molar-refractivity contribution in [3.63, 3.8) is 0 Å². The van der Waals surface area contributed by atoms with Crippen molar-refractivity contribution in [2.24, 2.45) is 0 Å². The number of aliphatic hydroxyl groups excluding tert-OH is 1. The summed E-state index contributed by atoms with van der Waals surface area (Å²) in [5, 5.41) is 12.4. The molecule has 0 aromatic heterocycles. The van der Waals surface area contributed by atoms with Crippen LogP contribution < -0.4 is 10.1 Å². The molecule has 96 valence electrons. The molecule has 0 aliphatic carbocycles. The van der Waals surface area contributed by atoms with E-state index in [0.29, 0.717) is 17.4 Å². The zero-order chi connectivity index (χ0) is 12.5. The minimum Gasteiger partial charge on any atom is -0.492 e. The standard InChI is InChI=1S/C12H17BrClNO2/c13-10-4-1-5-11(12(10)14)17-9-3-7-15-6-2-8-16/h1,4-5,15-16H,2-3,6-9H2. The molecule has 17 heavy (non-hydrogen) atoms. The van der Waals surface area contributed by atoms with Crippen LogP contribution in [0.2, 0.25) is 5.02 Å². The van der Waals surface area contributed by atoms with Crippen LogP contribution in [-0.2, 0) is 0 Å². The monoisotopic (exact) mass is 321 g/mol. The van der Waals surface area contributed by atoms with Gasteiger partial charge in [0.05, 0.1) is 11.6 Å². The zero-order valence-corrected chi connectivity index (χ0v) is 11.9.